The van der Waals surface area contributed by atoms with Gasteiger partial charge in [-0.1, -0.05) is 0 Å². The normalized spacial score (nSPS) is 22.2. The number of nitrogens with zero attached hydrogens (tertiary/aromatic N) is 4. The lowest BCUT2D eigenvalue weighted by molar-refractivity contribution is -0.136. The Balaban J connectivity index is 1.44. The van der Waals surface area contributed by atoms with E-state index in [1.165, 1.54) is 0 Å². The SMILES string of the molecule is COCC(=O)N1CC[C@H]2CN(Cc3nccn3-c3ccc(OC)cc3)C[C@H]21. The van der Waals surface area contributed by atoms with Crippen molar-refractivity contribution in [3.05, 3.63) is 42.5 Å². The van der Waals surface area contributed by atoms with Crippen LogP contribution in [0, 0.1) is 5.92 Å². The lowest BCUT2D eigenvalue weighted by Gasteiger charge is -2.24. The summed E-state index contributed by atoms with van der Waals surface area (Å²) < 4.78 is 12.4. The number of hydrogen-bond donors (Lipinski definition) is 0. The van der Waals surface area contributed by atoms with Crippen LogP contribution < -0.4 is 4.74 Å². The molecule has 1 aromatic carbocycles. The monoisotopic (exact) mass is 370 g/mol. The molecule has 2 aliphatic rings. The number of amides is 1. The van der Waals surface area contributed by atoms with E-state index in [9.17, 15) is 4.79 Å². The maximum Gasteiger partial charge on any atom is 0.248 e. The molecule has 2 atom stereocenters. The van der Waals surface area contributed by atoms with Gasteiger partial charge in [0, 0.05) is 50.9 Å². The minimum atomic E-state index is 0.103. The van der Waals surface area contributed by atoms with Crippen molar-refractivity contribution in [1.29, 1.82) is 0 Å². The Labute approximate surface area is 159 Å². The van der Waals surface area contributed by atoms with Gasteiger partial charge in [0.2, 0.25) is 5.91 Å². The molecule has 0 radical (unpaired) electrons. The summed E-state index contributed by atoms with van der Waals surface area (Å²) in [5.74, 6) is 2.50. The predicted molar refractivity (Wildman–Crippen MR) is 101 cm³/mol. The summed E-state index contributed by atoms with van der Waals surface area (Å²) in [6.45, 7) is 3.71. The third-order valence-corrected chi connectivity index (χ3v) is 5.64. The van der Waals surface area contributed by atoms with Crippen LogP contribution >= 0.6 is 0 Å². The van der Waals surface area contributed by atoms with Gasteiger partial charge < -0.3 is 18.9 Å². The summed E-state index contributed by atoms with van der Waals surface area (Å²) in [7, 11) is 3.24. The molecule has 27 heavy (non-hydrogen) atoms. The van der Waals surface area contributed by atoms with Crippen molar-refractivity contribution in [2.75, 3.05) is 40.5 Å². The molecule has 0 aliphatic carbocycles. The molecule has 7 nitrogen and oxygen atoms in total. The van der Waals surface area contributed by atoms with Crippen molar-refractivity contribution < 1.29 is 14.3 Å². The Morgan fingerprint density at radius 3 is 2.78 bits per heavy atom. The highest BCUT2D eigenvalue weighted by Crippen LogP contribution is 2.32. The van der Waals surface area contributed by atoms with E-state index in [1.54, 1.807) is 14.2 Å². The van der Waals surface area contributed by atoms with Gasteiger partial charge in [-0.05, 0) is 36.6 Å². The summed E-state index contributed by atoms with van der Waals surface area (Å²) in [5, 5.41) is 0. The smallest absolute Gasteiger partial charge is 0.248 e. The maximum absolute atomic E-state index is 12.3. The van der Waals surface area contributed by atoms with Crippen molar-refractivity contribution in [1.82, 2.24) is 19.4 Å². The molecule has 0 spiro atoms. The third-order valence-electron chi connectivity index (χ3n) is 5.64. The van der Waals surface area contributed by atoms with E-state index in [4.69, 9.17) is 9.47 Å². The molecular weight excluding hydrogens is 344 g/mol. The number of carbonyl (C=O) groups is 1. The first-order chi connectivity index (χ1) is 13.2. The number of rotatable bonds is 6. The van der Waals surface area contributed by atoms with Crippen LogP contribution in [-0.2, 0) is 16.1 Å². The molecule has 0 N–H and O–H groups in total. The Morgan fingerprint density at radius 1 is 1.22 bits per heavy atom. The first-order valence-corrected chi connectivity index (χ1v) is 9.37. The number of fused-ring (bicyclic) bond motifs is 1. The topological polar surface area (TPSA) is 59.8 Å². The number of benzene rings is 1. The fourth-order valence-electron chi connectivity index (χ4n) is 4.32. The molecule has 2 saturated heterocycles. The molecule has 3 heterocycles. The molecule has 2 aliphatic heterocycles. The standard InChI is InChI=1S/C20H26N4O3/c1-26-14-20(25)24-9-7-15-11-22(12-18(15)24)13-19-21-8-10-23(19)16-3-5-17(27-2)6-4-16/h3-6,8,10,15,18H,7,9,11-14H2,1-2H3/t15-,18+/m0/s1. The van der Waals surface area contributed by atoms with E-state index < -0.39 is 0 Å². The van der Waals surface area contributed by atoms with Crippen LogP contribution in [0.3, 0.4) is 0 Å². The van der Waals surface area contributed by atoms with Gasteiger partial charge in [0.15, 0.2) is 0 Å². The summed E-state index contributed by atoms with van der Waals surface area (Å²) in [5.41, 5.74) is 1.07. The molecule has 1 amide bonds. The van der Waals surface area contributed by atoms with Crippen molar-refractivity contribution in [3.8, 4) is 11.4 Å². The van der Waals surface area contributed by atoms with Crippen molar-refractivity contribution in [2.24, 2.45) is 5.92 Å². The van der Waals surface area contributed by atoms with Gasteiger partial charge in [0.25, 0.3) is 0 Å². The Morgan fingerprint density at radius 2 is 2.04 bits per heavy atom. The first-order valence-electron chi connectivity index (χ1n) is 9.37. The van der Waals surface area contributed by atoms with Gasteiger partial charge in [0.05, 0.1) is 13.7 Å². The van der Waals surface area contributed by atoms with E-state index in [2.05, 4.69) is 14.5 Å². The highest BCUT2D eigenvalue weighted by atomic mass is 16.5. The second-order valence-corrected chi connectivity index (χ2v) is 7.24. The molecule has 0 bridgehead atoms. The highest BCUT2D eigenvalue weighted by Gasteiger charge is 2.43. The maximum atomic E-state index is 12.3. The van der Waals surface area contributed by atoms with E-state index in [-0.39, 0.29) is 12.5 Å². The van der Waals surface area contributed by atoms with Gasteiger partial charge in [-0.3, -0.25) is 9.69 Å². The average molecular weight is 370 g/mol. The molecule has 1 aromatic heterocycles. The fraction of sp³-hybridized carbons (Fsp3) is 0.500. The zero-order valence-electron chi connectivity index (χ0n) is 15.9. The second-order valence-electron chi connectivity index (χ2n) is 7.24. The number of imidazole rings is 1. The number of methoxy groups -OCH3 is 2. The van der Waals surface area contributed by atoms with Crippen LogP contribution in [0.25, 0.3) is 5.69 Å². The van der Waals surface area contributed by atoms with Gasteiger partial charge in [0.1, 0.15) is 18.2 Å². The number of ether oxygens (including phenoxy) is 2. The number of carbonyl (C=O) groups excluding carboxylic acids is 1. The quantitative estimate of drug-likeness (QED) is 0.772. The first kappa shape index (κ1) is 18.0. The fourth-order valence-corrected chi connectivity index (χ4v) is 4.32. The van der Waals surface area contributed by atoms with Crippen LogP contribution in [0.2, 0.25) is 0 Å². The summed E-state index contributed by atoms with van der Waals surface area (Å²) in [6.07, 6.45) is 4.90. The van der Waals surface area contributed by atoms with E-state index in [0.717, 1.165) is 49.9 Å². The van der Waals surface area contributed by atoms with Crippen LogP contribution in [0.15, 0.2) is 36.7 Å². The second kappa shape index (κ2) is 7.70. The highest BCUT2D eigenvalue weighted by molar-refractivity contribution is 5.78. The largest absolute Gasteiger partial charge is 0.497 e. The zero-order valence-corrected chi connectivity index (χ0v) is 15.9. The molecule has 144 valence electrons. The molecule has 0 saturated carbocycles. The predicted octanol–water partition coefficient (Wildman–Crippen LogP) is 1.56. The Hall–Kier alpha value is -2.38. The lowest BCUT2D eigenvalue weighted by Crippen LogP contribution is -2.41. The van der Waals surface area contributed by atoms with Crippen molar-refractivity contribution >= 4 is 5.91 Å². The summed E-state index contributed by atoms with van der Waals surface area (Å²) in [4.78, 5) is 21.2. The number of likely N-dealkylation sites (tertiary alicyclic amines) is 2. The van der Waals surface area contributed by atoms with Gasteiger partial charge in [-0.2, -0.15) is 0 Å². The Bertz CT molecular complexity index is 789. The van der Waals surface area contributed by atoms with Crippen LogP contribution in [0.5, 0.6) is 5.75 Å². The molecular formula is C20H26N4O3. The summed E-state index contributed by atoms with van der Waals surface area (Å²) >= 11 is 0. The molecule has 4 rings (SSSR count). The molecule has 7 heteroatoms. The van der Waals surface area contributed by atoms with E-state index in [1.807, 2.05) is 41.6 Å². The average Bonchev–Trinajstić information content (AvgIpc) is 3.38. The van der Waals surface area contributed by atoms with Gasteiger partial charge in [-0.25, -0.2) is 4.98 Å². The third kappa shape index (κ3) is 3.57. The van der Waals surface area contributed by atoms with Gasteiger partial charge >= 0.3 is 0 Å². The molecule has 2 aromatic rings. The Kier molecular flexibility index (Phi) is 5.13. The van der Waals surface area contributed by atoms with Crippen LogP contribution in [0.4, 0.5) is 0 Å². The van der Waals surface area contributed by atoms with Crippen LogP contribution in [-0.4, -0.2) is 71.8 Å². The van der Waals surface area contributed by atoms with E-state index >= 15 is 0 Å². The van der Waals surface area contributed by atoms with E-state index in [0.29, 0.717) is 12.0 Å². The van der Waals surface area contributed by atoms with Crippen molar-refractivity contribution in [2.45, 2.75) is 19.0 Å². The zero-order chi connectivity index (χ0) is 18.8. The molecule has 2 fully saturated rings. The number of hydrogen-bond acceptors (Lipinski definition) is 5. The van der Waals surface area contributed by atoms with Crippen molar-refractivity contribution in [3.63, 3.8) is 0 Å². The molecule has 0 unspecified atom stereocenters. The van der Waals surface area contributed by atoms with Crippen LogP contribution in [0.1, 0.15) is 12.2 Å². The minimum absolute atomic E-state index is 0.103. The lowest BCUT2D eigenvalue weighted by atomic mass is 10.1. The summed E-state index contributed by atoms with van der Waals surface area (Å²) in [6, 6.07) is 8.29. The minimum Gasteiger partial charge on any atom is -0.497 e. The van der Waals surface area contributed by atoms with Gasteiger partial charge in [-0.15, -0.1) is 0 Å². The number of aromatic nitrogens is 2.